The molecule has 0 fully saturated rings. The summed E-state index contributed by atoms with van der Waals surface area (Å²) >= 11 is 3.54. The van der Waals surface area contributed by atoms with E-state index >= 15 is 0 Å². The maximum Gasteiger partial charge on any atom is 0.309 e. The third kappa shape index (κ3) is 3.72. The van der Waals surface area contributed by atoms with Crippen LogP contribution in [-0.2, 0) is 15.7 Å². The molecule has 0 saturated heterocycles. The molecular formula is C21H23BrN4O3S. The lowest BCUT2D eigenvalue weighted by Crippen LogP contribution is -2.46. The Hall–Kier alpha value is -2.39. The molecule has 1 unspecified atom stereocenters. The van der Waals surface area contributed by atoms with Crippen molar-refractivity contribution >= 4 is 37.8 Å². The summed E-state index contributed by atoms with van der Waals surface area (Å²) in [5.41, 5.74) is 6.98. The summed E-state index contributed by atoms with van der Waals surface area (Å²) in [5, 5.41) is 0. The minimum absolute atomic E-state index is 0.0421. The third-order valence-electron chi connectivity index (χ3n) is 5.11. The van der Waals surface area contributed by atoms with E-state index in [9.17, 15) is 8.42 Å². The molecule has 2 aliphatic heterocycles. The fourth-order valence-corrected chi connectivity index (χ4v) is 5.28. The number of aliphatic imine (C=N–C) groups is 2. The molecule has 0 amide bonds. The first-order valence-electron chi connectivity index (χ1n) is 9.82. The van der Waals surface area contributed by atoms with E-state index in [2.05, 4.69) is 15.9 Å². The monoisotopic (exact) mass is 490 g/mol. The number of fused-ring (bicyclic) bond motifs is 1. The van der Waals surface area contributed by atoms with Crippen molar-refractivity contribution in [2.75, 3.05) is 18.8 Å². The molecule has 0 saturated carbocycles. The number of nitrogens with zero attached hydrogens (tertiary/aromatic N) is 3. The zero-order valence-corrected chi connectivity index (χ0v) is 19.0. The molecule has 0 spiro atoms. The Morgan fingerprint density at radius 1 is 1.20 bits per heavy atom. The van der Waals surface area contributed by atoms with Gasteiger partial charge in [-0.1, -0.05) is 47.1 Å². The first-order valence-corrected chi connectivity index (χ1v) is 12.2. The van der Waals surface area contributed by atoms with Crippen molar-refractivity contribution < 1.29 is 12.6 Å². The Balaban J connectivity index is 1.89. The molecule has 30 heavy (non-hydrogen) atoms. The molecule has 1 atom stereocenters. The minimum atomic E-state index is -3.66. The lowest BCUT2D eigenvalue weighted by molar-refractivity contribution is 0.484. The molecule has 2 aliphatic rings. The summed E-state index contributed by atoms with van der Waals surface area (Å²) in [4.78, 5) is 11.6. The molecule has 0 radical (unpaired) electrons. The van der Waals surface area contributed by atoms with Crippen LogP contribution < -0.4 is 9.92 Å². The van der Waals surface area contributed by atoms with Gasteiger partial charge in [-0.3, -0.25) is 9.89 Å². The number of amidine groups is 1. The third-order valence-corrected chi connectivity index (χ3v) is 6.96. The van der Waals surface area contributed by atoms with E-state index in [1.807, 2.05) is 35.2 Å². The van der Waals surface area contributed by atoms with Crippen LogP contribution >= 0.6 is 15.9 Å². The number of rotatable bonds is 6. The van der Waals surface area contributed by atoms with Gasteiger partial charge in [-0.25, -0.2) is 4.99 Å². The average molecular weight is 491 g/mol. The van der Waals surface area contributed by atoms with Crippen LogP contribution in [0.4, 0.5) is 0 Å². The predicted octanol–water partition coefficient (Wildman–Crippen LogP) is 3.24. The molecule has 2 aromatic carbocycles. The highest BCUT2D eigenvalue weighted by molar-refractivity contribution is 9.10. The Kier molecular flexibility index (Phi) is 5.59. The van der Waals surface area contributed by atoms with E-state index in [0.29, 0.717) is 18.9 Å². The molecule has 0 aromatic heterocycles. The molecule has 158 valence electrons. The van der Waals surface area contributed by atoms with E-state index in [4.69, 9.17) is 19.9 Å². The summed E-state index contributed by atoms with van der Waals surface area (Å²) in [5.74, 6) is 1.36. The molecule has 2 N–H and O–H groups in total. The lowest BCUT2D eigenvalue weighted by atomic mass is 9.82. The quantitative estimate of drug-likeness (QED) is 0.626. The van der Waals surface area contributed by atoms with Gasteiger partial charge < -0.3 is 9.92 Å². The van der Waals surface area contributed by atoms with Gasteiger partial charge in [0.1, 0.15) is 11.6 Å². The minimum Gasteiger partial charge on any atom is -0.382 e. The summed E-state index contributed by atoms with van der Waals surface area (Å²) in [6, 6.07) is 14.9. The second-order valence-corrected chi connectivity index (χ2v) is 9.88. The number of halogens is 1. The molecular weight excluding hydrogens is 468 g/mol. The van der Waals surface area contributed by atoms with Crippen LogP contribution in [0.1, 0.15) is 30.9 Å². The number of hydrogen-bond acceptors (Lipinski definition) is 7. The van der Waals surface area contributed by atoms with Crippen molar-refractivity contribution in [3.8, 4) is 5.75 Å². The average Bonchev–Trinajstić information content (AvgIpc) is 3.02. The van der Waals surface area contributed by atoms with Crippen LogP contribution in [0, 0.1) is 0 Å². The molecule has 2 heterocycles. The molecule has 9 heteroatoms. The number of nitrogens with two attached hydrogens (primary N) is 1. The highest BCUT2D eigenvalue weighted by Crippen LogP contribution is 2.43. The summed E-state index contributed by atoms with van der Waals surface area (Å²) < 4.78 is 30.6. The summed E-state index contributed by atoms with van der Waals surface area (Å²) in [7, 11) is -3.66. The maximum absolute atomic E-state index is 12.2. The highest BCUT2D eigenvalue weighted by atomic mass is 79.9. The second kappa shape index (κ2) is 8.03. The van der Waals surface area contributed by atoms with E-state index in [-0.39, 0.29) is 11.5 Å². The van der Waals surface area contributed by atoms with Crippen molar-refractivity contribution in [2.45, 2.75) is 25.3 Å². The van der Waals surface area contributed by atoms with Gasteiger partial charge in [0.25, 0.3) is 0 Å². The van der Waals surface area contributed by atoms with Gasteiger partial charge in [-0.15, -0.1) is 0 Å². The van der Waals surface area contributed by atoms with Crippen LogP contribution in [0.25, 0.3) is 0 Å². The van der Waals surface area contributed by atoms with E-state index in [0.717, 1.165) is 34.4 Å². The lowest BCUT2D eigenvalue weighted by Gasteiger charge is -2.33. The van der Waals surface area contributed by atoms with Crippen LogP contribution in [0.5, 0.6) is 5.75 Å². The van der Waals surface area contributed by atoms with Gasteiger partial charge in [-0.05, 0) is 48.2 Å². The first kappa shape index (κ1) is 20.9. The van der Waals surface area contributed by atoms with Gasteiger partial charge in [-0.2, -0.15) is 8.42 Å². The molecule has 0 bridgehead atoms. The zero-order chi connectivity index (χ0) is 21.4. The molecule has 0 aliphatic carbocycles. The van der Waals surface area contributed by atoms with Crippen LogP contribution in [0.15, 0.2) is 63.0 Å². The topological polar surface area (TPSA) is 97.3 Å². The number of benzene rings is 2. The maximum atomic E-state index is 12.2. The van der Waals surface area contributed by atoms with Gasteiger partial charge in [0.2, 0.25) is 0 Å². The zero-order valence-electron chi connectivity index (χ0n) is 16.6. The number of guanidine groups is 1. The van der Waals surface area contributed by atoms with Crippen LogP contribution in [0.3, 0.4) is 0 Å². The van der Waals surface area contributed by atoms with Crippen LogP contribution in [-0.4, -0.2) is 44.0 Å². The highest BCUT2D eigenvalue weighted by Gasteiger charge is 2.49. The van der Waals surface area contributed by atoms with Gasteiger partial charge in [0.05, 0.1) is 5.75 Å². The smallest absolute Gasteiger partial charge is 0.309 e. The Bertz CT molecular complexity index is 1130. The predicted molar refractivity (Wildman–Crippen MR) is 121 cm³/mol. The molecule has 4 rings (SSSR count). The fraction of sp³-hybridized carbons (Fsp3) is 0.333. The SMILES string of the molecule is CCCS(=O)(=O)Oc1cccc(C2(c3cccc(Br)c3)N=C(N)N3CCCN=C32)c1. The molecule has 7 nitrogen and oxygen atoms in total. The first-order chi connectivity index (χ1) is 14.4. The van der Waals surface area contributed by atoms with Crippen molar-refractivity contribution in [1.82, 2.24) is 4.90 Å². The van der Waals surface area contributed by atoms with E-state index in [1.165, 1.54) is 0 Å². The van der Waals surface area contributed by atoms with Gasteiger partial charge in [0, 0.05) is 17.6 Å². The standard InChI is InChI=1S/C21H23BrN4O3S/c1-2-12-30(27,28)29-18-9-4-7-16(14-18)21(15-6-3-8-17(22)13-15)19-24-10-5-11-26(19)20(23)25-21/h3-4,6-9,13-14H,2,5,10-12H2,1H3,(H2,23,25). The summed E-state index contributed by atoms with van der Waals surface area (Å²) in [6.45, 7) is 3.22. The Labute approximate surface area is 184 Å². The fourth-order valence-electron chi connectivity index (χ4n) is 3.90. The van der Waals surface area contributed by atoms with Crippen LogP contribution in [0.2, 0.25) is 0 Å². The van der Waals surface area contributed by atoms with E-state index < -0.39 is 15.7 Å². The van der Waals surface area contributed by atoms with Gasteiger partial charge in [0.15, 0.2) is 11.5 Å². The van der Waals surface area contributed by atoms with Gasteiger partial charge >= 0.3 is 10.1 Å². The van der Waals surface area contributed by atoms with Crippen molar-refractivity contribution in [2.24, 2.45) is 15.7 Å². The summed E-state index contributed by atoms with van der Waals surface area (Å²) in [6.07, 6.45) is 1.38. The van der Waals surface area contributed by atoms with Crippen molar-refractivity contribution in [3.63, 3.8) is 0 Å². The molecule has 2 aromatic rings. The number of hydrogen-bond donors (Lipinski definition) is 1. The Morgan fingerprint density at radius 2 is 1.93 bits per heavy atom. The largest absolute Gasteiger partial charge is 0.382 e. The van der Waals surface area contributed by atoms with E-state index in [1.54, 1.807) is 25.1 Å². The Morgan fingerprint density at radius 3 is 2.67 bits per heavy atom. The normalized spacial score (nSPS) is 21.1. The van der Waals surface area contributed by atoms with Crippen molar-refractivity contribution in [3.05, 3.63) is 64.1 Å². The second-order valence-electron chi connectivity index (χ2n) is 7.27. The van der Waals surface area contributed by atoms with Crippen molar-refractivity contribution in [1.29, 1.82) is 0 Å².